The summed E-state index contributed by atoms with van der Waals surface area (Å²) in [6.45, 7) is 4.53. The highest BCUT2D eigenvalue weighted by molar-refractivity contribution is 5.05. The van der Waals surface area contributed by atoms with E-state index < -0.39 is 0 Å². The van der Waals surface area contributed by atoms with Crippen molar-refractivity contribution in [1.82, 2.24) is 9.78 Å². The zero-order valence-corrected chi connectivity index (χ0v) is 8.40. The Morgan fingerprint density at radius 2 is 2.31 bits per heavy atom. The van der Waals surface area contributed by atoms with Gasteiger partial charge in [0, 0.05) is 13.2 Å². The molecule has 0 saturated carbocycles. The molecule has 4 heteroatoms. The molecule has 2 N–H and O–H groups in total. The molecule has 0 radical (unpaired) electrons. The normalized spacial score (nSPS) is 13.6. The average Bonchev–Trinajstić information content (AvgIpc) is 2.47. The third kappa shape index (κ3) is 2.82. The van der Waals surface area contributed by atoms with Crippen molar-refractivity contribution in [2.24, 2.45) is 12.8 Å². The molecule has 1 atom stereocenters. The van der Waals surface area contributed by atoms with Crippen molar-refractivity contribution in [1.29, 1.82) is 0 Å². The summed E-state index contributed by atoms with van der Waals surface area (Å²) >= 11 is 0. The molecular formula is C9H17N3O. The van der Waals surface area contributed by atoms with E-state index in [4.69, 9.17) is 10.5 Å². The molecule has 0 fully saturated rings. The summed E-state index contributed by atoms with van der Waals surface area (Å²) in [7, 11) is 1.88. The predicted molar refractivity (Wildman–Crippen MR) is 51.2 cm³/mol. The van der Waals surface area contributed by atoms with E-state index in [1.807, 2.05) is 27.0 Å². The molecule has 1 aromatic rings. The second kappa shape index (κ2) is 4.39. The molecular weight excluding hydrogens is 166 g/mol. The Labute approximate surface area is 78.7 Å². The number of hydrogen-bond donors (Lipinski definition) is 1. The second-order valence-corrected chi connectivity index (χ2v) is 3.37. The number of nitrogens with two attached hydrogens (primary N) is 1. The number of ether oxygens (including phenoxy) is 1. The Hall–Kier alpha value is -0.870. The minimum atomic E-state index is -0.0881. The quantitative estimate of drug-likeness (QED) is 0.752. The van der Waals surface area contributed by atoms with Crippen molar-refractivity contribution in [3.63, 3.8) is 0 Å². The Morgan fingerprint density at radius 3 is 2.77 bits per heavy atom. The highest BCUT2D eigenvalue weighted by Crippen LogP contribution is 2.09. The van der Waals surface area contributed by atoms with Gasteiger partial charge in [0.05, 0.1) is 24.4 Å². The maximum atomic E-state index is 5.90. The van der Waals surface area contributed by atoms with Crippen molar-refractivity contribution >= 4 is 0 Å². The number of aryl methyl sites for hydroxylation is 1. The Kier molecular flexibility index (Phi) is 3.45. The van der Waals surface area contributed by atoms with Gasteiger partial charge in [-0.3, -0.25) is 4.68 Å². The summed E-state index contributed by atoms with van der Waals surface area (Å²) in [5, 5.41) is 4.05. The topological polar surface area (TPSA) is 53.1 Å². The molecule has 0 bridgehead atoms. The molecule has 1 rings (SSSR count). The number of hydrogen-bond acceptors (Lipinski definition) is 3. The van der Waals surface area contributed by atoms with Gasteiger partial charge < -0.3 is 10.5 Å². The lowest BCUT2D eigenvalue weighted by molar-refractivity contribution is 0.0670. The van der Waals surface area contributed by atoms with Gasteiger partial charge in [-0.25, -0.2) is 0 Å². The van der Waals surface area contributed by atoms with Crippen LogP contribution < -0.4 is 5.73 Å². The lowest BCUT2D eigenvalue weighted by Gasteiger charge is -2.14. The van der Waals surface area contributed by atoms with Crippen LogP contribution in [-0.4, -0.2) is 22.5 Å². The van der Waals surface area contributed by atoms with E-state index in [1.165, 1.54) is 0 Å². The zero-order chi connectivity index (χ0) is 9.84. The SMILES string of the molecule is CC(C)OCC(N)c1ccnn1C. The van der Waals surface area contributed by atoms with Crippen LogP contribution in [0, 0.1) is 0 Å². The van der Waals surface area contributed by atoms with E-state index in [1.54, 1.807) is 10.9 Å². The van der Waals surface area contributed by atoms with Gasteiger partial charge in [0.25, 0.3) is 0 Å². The third-order valence-corrected chi connectivity index (χ3v) is 1.85. The lowest BCUT2D eigenvalue weighted by atomic mass is 10.2. The van der Waals surface area contributed by atoms with Gasteiger partial charge >= 0.3 is 0 Å². The fourth-order valence-corrected chi connectivity index (χ4v) is 1.13. The van der Waals surface area contributed by atoms with E-state index in [0.29, 0.717) is 6.61 Å². The van der Waals surface area contributed by atoms with Gasteiger partial charge in [-0.1, -0.05) is 0 Å². The van der Waals surface area contributed by atoms with E-state index in [9.17, 15) is 0 Å². The lowest BCUT2D eigenvalue weighted by Crippen LogP contribution is -2.22. The monoisotopic (exact) mass is 183 g/mol. The molecule has 0 amide bonds. The van der Waals surface area contributed by atoms with E-state index >= 15 is 0 Å². The number of aromatic nitrogens is 2. The van der Waals surface area contributed by atoms with Crippen molar-refractivity contribution in [2.75, 3.05) is 6.61 Å². The van der Waals surface area contributed by atoms with Crippen molar-refractivity contribution in [3.05, 3.63) is 18.0 Å². The summed E-state index contributed by atoms with van der Waals surface area (Å²) in [5.74, 6) is 0. The first-order chi connectivity index (χ1) is 6.11. The molecule has 0 aromatic carbocycles. The molecule has 1 unspecified atom stereocenters. The Balaban J connectivity index is 2.49. The maximum Gasteiger partial charge on any atom is 0.0704 e. The molecule has 13 heavy (non-hydrogen) atoms. The van der Waals surface area contributed by atoms with Gasteiger partial charge in [0.15, 0.2) is 0 Å². The number of nitrogens with zero attached hydrogens (tertiary/aromatic N) is 2. The minimum Gasteiger partial charge on any atom is -0.377 e. The van der Waals surface area contributed by atoms with Crippen LogP contribution >= 0.6 is 0 Å². The summed E-state index contributed by atoms with van der Waals surface area (Å²) in [5.41, 5.74) is 6.90. The number of rotatable bonds is 4. The van der Waals surface area contributed by atoms with Gasteiger partial charge in [0.1, 0.15) is 0 Å². The van der Waals surface area contributed by atoms with E-state index in [0.717, 1.165) is 5.69 Å². The first kappa shape index (κ1) is 10.2. The largest absolute Gasteiger partial charge is 0.377 e. The van der Waals surface area contributed by atoms with Crippen LogP contribution in [0.4, 0.5) is 0 Å². The zero-order valence-electron chi connectivity index (χ0n) is 8.40. The molecule has 4 nitrogen and oxygen atoms in total. The van der Waals surface area contributed by atoms with Gasteiger partial charge in [-0.05, 0) is 19.9 Å². The molecule has 74 valence electrons. The summed E-state index contributed by atoms with van der Waals surface area (Å²) < 4.78 is 7.19. The smallest absolute Gasteiger partial charge is 0.0704 e. The van der Waals surface area contributed by atoms with Crippen molar-refractivity contribution in [2.45, 2.75) is 26.0 Å². The fourth-order valence-electron chi connectivity index (χ4n) is 1.13. The van der Waals surface area contributed by atoms with Crippen LogP contribution in [0.5, 0.6) is 0 Å². The Bertz CT molecular complexity index is 257. The molecule has 0 saturated heterocycles. The van der Waals surface area contributed by atoms with Crippen molar-refractivity contribution < 1.29 is 4.74 Å². The molecule has 1 aromatic heterocycles. The molecule has 0 aliphatic heterocycles. The summed E-state index contributed by atoms with van der Waals surface area (Å²) in [4.78, 5) is 0. The van der Waals surface area contributed by atoms with Crippen molar-refractivity contribution in [3.8, 4) is 0 Å². The molecule has 1 heterocycles. The summed E-state index contributed by atoms with van der Waals surface area (Å²) in [6, 6.07) is 1.82. The summed E-state index contributed by atoms with van der Waals surface area (Å²) in [6.07, 6.45) is 1.96. The van der Waals surface area contributed by atoms with Gasteiger partial charge in [-0.15, -0.1) is 0 Å². The molecule has 0 aliphatic carbocycles. The van der Waals surface area contributed by atoms with Crippen LogP contribution in [0.25, 0.3) is 0 Å². The third-order valence-electron chi connectivity index (χ3n) is 1.85. The first-order valence-corrected chi connectivity index (χ1v) is 4.46. The van der Waals surface area contributed by atoms with Crippen LogP contribution in [0.3, 0.4) is 0 Å². The fraction of sp³-hybridized carbons (Fsp3) is 0.667. The van der Waals surface area contributed by atoms with Crippen LogP contribution in [0.2, 0.25) is 0 Å². The van der Waals surface area contributed by atoms with Gasteiger partial charge in [-0.2, -0.15) is 5.10 Å². The Morgan fingerprint density at radius 1 is 1.62 bits per heavy atom. The standard InChI is InChI=1S/C9H17N3O/c1-7(2)13-6-8(10)9-4-5-11-12(9)3/h4-5,7-8H,6,10H2,1-3H3. The first-order valence-electron chi connectivity index (χ1n) is 4.46. The molecule has 0 aliphatic rings. The minimum absolute atomic E-state index is 0.0881. The highest BCUT2D eigenvalue weighted by atomic mass is 16.5. The maximum absolute atomic E-state index is 5.90. The highest BCUT2D eigenvalue weighted by Gasteiger charge is 2.10. The van der Waals surface area contributed by atoms with E-state index in [-0.39, 0.29) is 12.1 Å². The van der Waals surface area contributed by atoms with E-state index in [2.05, 4.69) is 5.10 Å². The van der Waals surface area contributed by atoms with Crippen LogP contribution in [0.15, 0.2) is 12.3 Å². The average molecular weight is 183 g/mol. The van der Waals surface area contributed by atoms with Gasteiger partial charge in [0.2, 0.25) is 0 Å². The molecule has 0 spiro atoms. The predicted octanol–water partition coefficient (Wildman–Crippen LogP) is 0.845. The van der Waals surface area contributed by atoms with Crippen LogP contribution in [-0.2, 0) is 11.8 Å². The second-order valence-electron chi connectivity index (χ2n) is 3.37. The van der Waals surface area contributed by atoms with Crippen LogP contribution in [0.1, 0.15) is 25.6 Å².